The minimum Gasteiger partial charge on any atom is -0.346 e. The second-order valence-corrected chi connectivity index (χ2v) is 8.18. The third-order valence-electron chi connectivity index (χ3n) is 4.05. The summed E-state index contributed by atoms with van der Waals surface area (Å²) in [6.07, 6.45) is 2.55. The Hall–Kier alpha value is -1.99. The van der Waals surface area contributed by atoms with Crippen LogP contribution in [0.3, 0.4) is 0 Å². The molecule has 0 spiro atoms. The SMILES string of the molecule is Cc1cc(C)n(C[C@H](C)C(=O)N[C@@H](Cc2cccs2)c2nccs2)n1. The molecule has 0 bridgehead atoms. The number of aryl methyl sites for hydroxylation is 2. The van der Waals surface area contributed by atoms with Crippen molar-refractivity contribution in [2.75, 3.05) is 0 Å². The van der Waals surface area contributed by atoms with Gasteiger partial charge in [-0.05, 0) is 31.4 Å². The lowest BCUT2D eigenvalue weighted by Gasteiger charge is -2.19. The molecule has 0 unspecified atom stereocenters. The molecule has 0 aromatic carbocycles. The van der Waals surface area contributed by atoms with Gasteiger partial charge < -0.3 is 5.32 Å². The van der Waals surface area contributed by atoms with Crippen molar-refractivity contribution in [3.05, 3.63) is 56.4 Å². The van der Waals surface area contributed by atoms with Crippen LogP contribution in [0, 0.1) is 19.8 Å². The molecule has 0 fully saturated rings. The van der Waals surface area contributed by atoms with Crippen molar-refractivity contribution in [3.63, 3.8) is 0 Å². The first-order valence-corrected chi connectivity index (χ1v) is 10.0. The van der Waals surface area contributed by atoms with E-state index in [0.717, 1.165) is 22.8 Å². The fourth-order valence-corrected chi connectivity index (χ4v) is 4.19. The van der Waals surface area contributed by atoms with E-state index in [1.165, 1.54) is 4.88 Å². The average molecular weight is 375 g/mol. The van der Waals surface area contributed by atoms with Gasteiger partial charge in [-0.1, -0.05) is 13.0 Å². The van der Waals surface area contributed by atoms with Crippen LogP contribution in [0.1, 0.15) is 34.2 Å². The van der Waals surface area contributed by atoms with Crippen LogP contribution in [0.2, 0.25) is 0 Å². The topological polar surface area (TPSA) is 59.8 Å². The summed E-state index contributed by atoms with van der Waals surface area (Å²) in [7, 11) is 0. The molecule has 3 aromatic rings. The number of rotatable bonds is 7. The Labute approximate surface area is 155 Å². The Balaban J connectivity index is 1.68. The molecule has 0 aliphatic carbocycles. The van der Waals surface area contributed by atoms with Crippen molar-refractivity contribution in [2.24, 2.45) is 5.92 Å². The maximum Gasteiger partial charge on any atom is 0.225 e. The Morgan fingerprint density at radius 3 is 2.76 bits per heavy atom. The van der Waals surface area contributed by atoms with E-state index >= 15 is 0 Å². The molecule has 132 valence electrons. The molecule has 0 radical (unpaired) electrons. The number of hydrogen-bond donors (Lipinski definition) is 1. The van der Waals surface area contributed by atoms with Gasteiger partial charge >= 0.3 is 0 Å². The van der Waals surface area contributed by atoms with Gasteiger partial charge in [-0.15, -0.1) is 22.7 Å². The molecule has 7 heteroatoms. The third-order valence-corrected chi connectivity index (χ3v) is 5.84. The zero-order chi connectivity index (χ0) is 17.8. The summed E-state index contributed by atoms with van der Waals surface area (Å²) in [5, 5.41) is 12.6. The number of nitrogens with zero attached hydrogens (tertiary/aromatic N) is 3. The molecular weight excluding hydrogens is 352 g/mol. The van der Waals surface area contributed by atoms with Crippen molar-refractivity contribution in [2.45, 2.75) is 39.8 Å². The normalized spacial score (nSPS) is 13.6. The van der Waals surface area contributed by atoms with Gasteiger partial charge in [0.25, 0.3) is 0 Å². The summed E-state index contributed by atoms with van der Waals surface area (Å²) >= 11 is 3.28. The second-order valence-electron chi connectivity index (χ2n) is 6.23. The average Bonchev–Trinajstić information content (AvgIpc) is 3.30. The van der Waals surface area contributed by atoms with E-state index in [4.69, 9.17) is 0 Å². The number of thiazole rings is 1. The zero-order valence-electron chi connectivity index (χ0n) is 14.6. The van der Waals surface area contributed by atoms with E-state index in [1.54, 1.807) is 28.9 Å². The maximum absolute atomic E-state index is 12.7. The van der Waals surface area contributed by atoms with Gasteiger partial charge in [0.1, 0.15) is 5.01 Å². The number of amides is 1. The van der Waals surface area contributed by atoms with Crippen LogP contribution in [-0.2, 0) is 17.8 Å². The van der Waals surface area contributed by atoms with Gasteiger partial charge in [0.15, 0.2) is 0 Å². The first-order chi connectivity index (χ1) is 12.0. The molecule has 3 aromatic heterocycles. The summed E-state index contributed by atoms with van der Waals surface area (Å²) in [5.41, 5.74) is 2.05. The molecule has 1 N–H and O–H groups in total. The van der Waals surface area contributed by atoms with E-state index in [1.807, 2.05) is 43.0 Å². The fraction of sp³-hybridized carbons (Fsp3) is 0.389. The van der Waals surface area contributed by atoms with Crippen LogP contribution >= 0.6 is 22.7 Å². The predicted molar refractivity (Wildman–Crippen MR) is 102 cm³/mol. The van der Waals surface area contributed by atoms with Crippen molar-refractivity contribution in [1.82, 2.24) is 20.1 Å². The minimum atomic E-state index is -0.163. The van der Waals surface area contributed by atoms with Crippen LogP contribution in [0.25, 0.3) is 0 Å². The molecule has 2 atom stereocenters. The molecule has 5 nitrogen and oxygen atoms in total. The minimum absolute atomic E-state index is 0.0318. The molecule has 0 aliphatic heterocycles. The zero-order valence-corrected chi connectivity index (χ0v) is 16.2. The fourth-order valence-electron chi connectivity index (χ4n) is 2.75. The highest BCUT2D eigenvalue weighted by Crippen LogP contribution is 2.23. The van der Waals surface area contributed by atoms with Crippen LogP contribution in [-0.4, -0.2) is 20.7 Å². The van der Waals surface area contributed by atoms with Crippen molar-refractivity contribution < 1.29 is 4.79 Å². The lowest BCUT2D eigenvalue weighted by Crippen LogP contribution is -2.35. The summed E-state index contributed by atoms with van der Waals surface area (Å²) in [4.78, 5) is 18.4. The van der Waals surface area contributed by atoms with Gasteiger partial charge in [0.2, 0.25) is 5.91 Å². The number of carbonyl (C=O) groups excluding carboxylic acids is 1. The number of hydrogen-bond acceptors (Lipinski definition) is 5. The number of carbonyl (C=O) groups is 1. The summed E-state index contributed by atoms with van der Waals surface area (Å²) in [5.74, 6) is -0.131. The standard InChI is InChI=1S/C18H22N4OS2/c1-12(11-22-14(3)9-13(2)21-22)17(23)20-16(18-19-6-8-25-18)10-15-5-4-7-24-15/h4-9,12,16H,10-11H2,1-3H3,(H,20,23)/t12-,16-/m0/s1. The molecule has 3 heterocycles. The second kappa shape index (κ2) is 7.93. The van der Waals surface area contributed by atoms with Crippen LogP contribution < -0.4 is 5.32 Å². The smallest absolute Gasteiger partial charge is 0.225 e. The Kier molecular flexibility index (Phi) is 5.65. The predicted octanol–water partition coefficient (Wildman–Crippen LogP) is 3.75. The lowest BCUT2D eigenvalue weighted by molar-refractivity contribution is -0.125. The molecule has 0 saturated carbocycles. The highest BCUT2D eigenvalue weighted by atomic mass is 32.1. The van der Waals surface area contributed by atoms with Crippen LogP contribution in [0.15, 0.2) is 35.2 Å². The van der Waals surface area contributed by atoms with Gasteiger partial charge in [-0.25, -0.2) is 4.98 Å². The molecule has 1 amide bonds. The van der Waals surface area contributed by atoms with Gasteiger partial charge in [0, 0.05) is 28.6 Å². The number of aromatic nitrogens is 3. The molecule has 0 aliphatic rings. The number of nitrogens with one attached hydrogen (secondary N) is 1. The van der Waals surface area contributed by atoms with Crippen molar-refractivity contribution in [1.29, 1.82) is 0 Å². The van der Waals surface area contributed by atoms with E-state index < -0.39 is 0 Å². The van der Waals surface area contributed by atoms with Gasteiger partial charge in [-0.2, -0.15) is 5.10 Å². The summed E-state index contributed by atoms with van der Waals surface area (Å²) < 4.78 is 1.90. The van der Waals surface area contributed by atoms with E-state index in [-0.39, 0.29) is 17.9 Å². The van der Waals surface area contributed by atoms with Gasteiger partial charge in [0.05, 0.1) is 24.2 Å². The third kappa shape index (κ3) is 4.55. The van der Waals surface area contributed by atoms with Gasteiger partial charge in [-0.3, -0.25) is 9.48 Å². The summed E-state index contributed by atoms with van der Waals surface area (Å²) in [6, 6.07) is 6.07. The van der Waals surface area contributed by atoms with Crippen LogP contribution in [0.5, 0.6) is 0 Å². The Bertz CT molecular complexity index is 808. The lowest BCUT2D eigenvalue weighted by atomic mass is 10.1. The molecule has 25 heavy (non-hydrogen) atoms. The van der Waals surface area contributed by atoms with Crippen molar-refractivity contribution >= 4 is 28.6 Å². The molecule has 3 rings (SSSR count). The van der Waals surface area contributed by atoms with Crippen LogP contribution in [0.4, 0.5) is 0 Å². The van der Waals surface area contributed by atoms with Crippen molar-refractivity contribution in [3.8, 4) is 0 Å². The summed E-state index contributed by atoms with van der Waals surface area (Å²) in [6.45, 7) is 6.50. The molecule has 0 saturated heterocycles. The maximum atomic E-state index is 12.7. The Morgan fingerprint density at radius 2 is 2.16 bits per heavy atom. The Morgan fingerprint density at radius 1 is 1.32 bits per heavy atom. The van der Waals surface area contributed by atoms with E-state index in [2.05, 4.69) is 26.8 Å². The van der Waals surface area contributed by atoms with E-state index in [0.29, 0.717) is 6.54 Å². The highest BCUT2D eigenvalue weighted by Gasteiger charge is 2.22. The molecular formula is C18H22N4OS2. The first kappa shape index (κ1) is 17.8. The van der Waals surface area contributed by atoms with E-state index in [9.17, 15) is 4.79 Å². The quantitative estimate of drug-likeness (QED) is 0.685. The largest absolute Gasteiger partial charge is 0.346 e. The highest BCUT2D eigenvalue weighted by molar-refractivity contribution is 7.10. The number of thiophene rings is 1. The monoisotopic (exact) mass is 374 g/mol. The first-order valence-electron chi connectivity index (χ1n) is 8.26.